The molecule has 0 aliphatic carbocycles. The van der Waals surface area contributed by atoms with E-state index in [-0.39, 0.29) is 5.91 Å². The number of carbonyl (C=O) groups is 1. The third-order valence-corrected chi connectivity index (χ3v) is 5.37. The van der Waals surface area contributed by atoms with E-state index in [1.54, 1.807) is 19.2 Å². The van der Waals surface area contributed by atoms with E-state index in [1.807, 2.05) is 37.3 Å². The number of ether oxygens (including phenoxy) is 3. The Hall–Kier alpha value is -2.24. The zero-order valence-corrected chi connectivity index (χ0v) is 17.1. The predicted molar refractivity (Wildman–Crippen MR) is 111 cm³/mol. The fraction of sp³-hybridized carbons (Fsp3) is 0.409. The van der Waals surface area contributed by atoms with Crippen molar-refractivity contribution in [3.05, 3.63) is 53.1 Å². The molecule has 2 aromatic carbocycles. The summed E-state index contributed by atoms with van der Waals surface area (Å²) in [7, 11) is 1.63. The lowest BCUT2D eigenvalue weighted by molar-refractivity contribution is -0.125. The second kappa shape index (κ2) is 9.30. The van der Waals surface area contributed by atoms with E-state index in [0.29, 0.717) is 49.1 Å². The van der Waals surface area contributed by atoms with E-state index in [4.69, 9.17) is 25.8 Å². The molecule has 2 aromatic rings. The van der Waals surface area contributed by atoms with Crippen molar-refractivity contribution in [2.45, 2.75) is 31.6 Å². The number of halogens is 1. The number of carbonyl (C=O) groups excluding carboxylic acids is 1. The van der Waals surface area contributed by atoms with E-state index in [0.717, 1.165) is 17.7 Å². The highest BCUT2D eigenvalue weighted by Crippen LogP contribution is 2.37. The minimum atomic E-state index is -0.644. The Balaban J connectivity index is 1.83. The van der Waals surface area contributed by atoms with Gasteiger partial charge >= 0.3 is 0 Å². The molecule has 1 heterocycles. The van der Waals surface area contributed by atoms with Crippen LogP contribution in [0.5, 0.6) is 11.5 Å². The lowest BCUT2D eigenvalue weighted by Crippen LogP contribution is -2.44. The van der Waals surface area contributed by atoms with Crippen molar-refractivity contribution in [2.75, 3.05) is 32.2 Å². The molecular formula is C22H26ClNO4. The molecular weight excluding hydrogens is 378 g/mol. The number of nitrogens with one attached hydrogen (secondary N) is 1. The van der Waals surface area contributed by atoms with Crippen LogP contribution in [0.4, 0.5) is 5.69 Å². The maximum absolute atomic E-state index is 13.3. The van der Waals surface area contributed by atoms with E-state index >= 15 is 0 Å². The third-order valence-electron chi connectivity index (χ3n) is 5.08. The average Bonchev–Trinajstić information content (AvgIpc) is 2.73. The molecule has 0 atom stereocenters. The van der Waals surface area contributed by atoms with Crippen molar-refractivity contribution in [1.29, 1.82) is 0 Å². The lowest BCUT2D eigenvalue weighted by Gasteiger charge is -2.36. The number of hydrogen-bond donors (Lipinski definition) is 1. The van der Waals surface area contributed by atoms with Gasteiger partial charge in [0.15, 0.2) is 0 Å². The minimum Gasteiger partial charge on any atom is -0.497 e. The smallest absolute Gasteiger partial charge is 0.235 e. The molecule has 1 aliphatic heterocycles. The molecule has 3 rings (SSSR count). The maximum Gasteiger partial charge on any atom is 0.235 e. The average molecular weight is 404 g/mol. The van der Waals surface area contributed by atoms with Crippen molar-refractivity contribution < 1.29 is 19.0 Å². The Morgan fingerprint density at radius 1 is 1.18 bits per heavy atom. The summed E-state index contributed by atoms with van der Waals surface area (Å²) in [5.74, 6) is 1.33. The summed E-state index contributed by atoms with van der Waals surface area (Å²) in [6.45, 7) is 3.73. The molecule has 1 amide bonds. The predicted octanol–water partition coefficient (Wildman–Crippen LogP) is 4.82. The van der Waals surface area contributed by atoms with Gasteiger partial charge in [-0.1, -0.05) is 30.7 Å². The van der Waals surface area contributed by atoms with Crippen molar-refractivity contribution in [3.8, 4) is 11.5 Å². The van der Waals surface area contributed by atoms with Crippen molar-refractivity contribution >= 4 is 23.2 Å². The number of anilines is 1. The van der Waals surface area contributed by atoms with Gasteiger partial charge in [0, 0.05) is 18.9 Å². The summed E-state index contributed by atoms with van der Waals surface area (Å²) in [5, 5.41) is 3.52. The van der Waals surface area contributed by atoms with Gasteiger partial charge < -0.3 is 19.5 Å². The van der Waals surface area contributed by atoms with E-state index in [2.05, 4.69) is 5.32 Å². The highest BCUT2D eigenvalue weighted by molar-refractivity contribution is 6.32. The molecule has 5 nitrogen and oxygen atoms in total. The maximum atomic E-state index is 13.3. The highest BCUT2D eigenvalue weighted by atomic mass is 35.5. The first-order valence-electron chi connectivity index (χ1n) is 9.55. The quantitative estimate of drug-likeness (QED) is 0.719. The van der Waals surface area contributed by atoms with Gasteiger partial charge in [0.05, 0.1) is 24.2 Å². The van der Waals surface area contributed by atoms with Crippen LogP contribution in [0, 0.1) is 0 Å². The summed E-state index contributed by atoms with van der Waals surface area (Å²) < 4.78 is 16.4. The summed E-state index contributed by atoms with van der Waals surface area (Å²) in [6.07, 6.45) is 2.15. The van der Waals surface area contributed by atoms with Crippen LogP contribution in [0.15, 0.2) is 42.5 Å². The van der Waals surface area contributed by atoms with Gasteiger partial charge in [0.25, 0.3) is 0 Å². The molecule has 0 radical (unpaired) electrons. The zero-order valence-electron chi connectivity index (χ0n) is 16.3. The number of methoxy groups -OCH3 is 1. The van der Waals surface area contributed by atoms with Gasteiger partial charge in [-0.05, 0) is 55.2 Å². The van der Waals surface area contributed by atoms with Crippen LogP contribution in [0.1, 0.15) is 31.7 Å². The SMILES string of the molecule is CCCOc1ccc(NC(=O)C2(c3ccc(OC)cc3)CCOCC2)cc1Cl. The Bertz CT molecular complexity index is 801. The monoisotopic (exact) mass is 403 g/mol. The van der Waals surface area contributed by atoms with Crippen LogP contribution in [-0.2, 0) is 14.9 Å². The summed E-state index contributed by atoms with van der Waals surface area (Å²) in [5.41, 5.74) is 0.968. The standard InChI is InChI=1S/C22H26ClNO4/c1-3-12-28-20-9-6-17(15-19(20)23)24-21(25)22(10-13-27-14-11-22)16-4-7-18(26-2)8-5-16/h4-9,15H,3,10-14H2,1-2H3,(H,24,25). The molecule has 1 N–H and O–H groups in total. The largest absolute Gasteiger partial charge is 0.497 e. The molecule has 1 saturated heterocycles. The van der Waals surface area contributed by atoms with Gasteiger partial charge in [-0.25, -0.2) is 0 Å². The summed E-state index contributed by atoms with van der Waals surface area (Å²) in [4.78, 5) is 13.3. The Morgan fingerprint density at radius 3 is 2.50 bits per heavy atom. The number of benzene rings is 2. The van der Waals surface area contributed by atoms with Gasteiger partial charge in [-0.15, -0.1) is 0 Å². The summed E-state index contributed by atoms with van der Waals surface area (Å²) >= 11 is 6.31. The van der Waals surface area contributed by atoms with Crippen LogP contribution >= 0.6 is 11.6 Å². The second-order valence-electron chi connectivity index (χ2n) is 6.87. The van der Waals surface area contributed by atoms with Crippen molar-refractivity contribution in [2.24, 2.45) is 0 Å². The van der Waals surface area contributed by atoms with E-state index in [1.165, 1.54) is 0 Å². The van der Waals surface area contributed by atoms with Gasteiger partial charge in [-0.3, -0.25) is 4.79 Å². The fourth-order valence-electron chi connectivity index (χ4n) is 3.44. The molecule has 28 heavy (non-hydrogen) atoms. The minimum absolute atomic E-state index is 0.0562. The number of rotatable bonds is 7. The highest BCUT2D eigenvalue weighted by Gasteiger charge is 2.41. The molecule has 0 bridgehead atoms. The molecule has 6 heteroatoms. The molecule has 0 aromatic heterocycles. The number of amides is 1. The molecule has 1 aliphatic rings. The fourth-order valence-corrected chi connectivity index (χ4v) is 3.67. The second-order valence-corrected chi connectivity index (χ2v) is 7.28. The Kier molecular flexibility index (Phi) is 6.81. The van der Waals surface area contributed by atoms with Crippen molar-refractivity contribution in [1.82, 2.24) is 0 Å². The molecule has 1 fully saturated rings. The van der Waals surface area contributed by atoms with Gasteiger partial charge in [-0.2, -0.15) is 0 Å². The number of hydrogen-bond acceptors (Lipinski definition) is 4. The van der Waals surface area contributed by atoms with Gasteiger partial charge in [0.1, 0.15) is 11.5 Å². The third kappa shape index (κ3) is 4.42. The van der Waals surface area contributed by atoms with Gasteiger partial charge in [0.2, 0.25) is 5.91 Å². The van der Waals surface area contributed by atoms with Crippen LogP contribution in [-0.4, -0.2) is 32.8 Å². The van der Waals surface area contributed by atoms with Crippen LogP contribution in [0.3, 0.4) is 0 Å². The Labute approximate surface area is 170 Å². The first-order chi connectivity index (χ1) is 13.6. The molecule has 0 saturated carbocycles. The lowest BCUT2D eigenvalue weighted by atomic mass is 9.73. The first kappa shape index (κ1) is 20.5. The molecule has 150 valence electrons. The zero-order chi connectivity index (χ0) is 20.0. The van der Waals surface area contributed by atoms with Crippen LogP contribution in [0.2, 0.25) is 5.02 Å². The normalized spacial score (nSPS) is 15.7. The van der Waals surface area contributed by atoms with E-state index in [9.17, 15) is 4.79 Å². The van der Waals surface area contributed by atoms with Crippen LogP contribution < -0.4 is 14.8 Å². The van der Waals surface area contributed by atoms with Crippen LogP contribution in [0.25, 0.3) is 0 Å². The topological polar surface area (TPSA) is 56.8 Å². The van der Waals surface area contributed by atoms with Crippen molar-refractivity contribution in [3.63, 3.8) is 0 Å². The first-order valence-corrected chi connectivity index (χ1v) is 9.93. The Morgan fingerprint density at radius 2 is 1.89 bits per heavy atom. The summed E-state index contributed by atoms with van der Waals surface area (Å²) in [6, 6.07) is 13.0. The molecule has 0 unspecified atom stereocenters. The molecule has 0 spiro atoms. The van der Waals surface area contributed by atoms with E-state index < -0.39 is 5.41 Å².